The molecule has 0 saturated carbocycles. The normalized spacial score (nSPS) is 18.4. The molecule has 1 aliphatic heterocycles. The third-order valence-corrected chi connectivity index (χ3v) is 6.34. The van der Waals surface area contributed by atoms with Crippen molar-refractivity contribution >= 4 is 17.4 Å². The van der Waals surface area contributed by atoms with Gasteiger partial charge in [0.15, 0.2) is 23.9 Å². The van der Waals surface area contributed by atoms with Gasteiger partial charge in [0.1, 0.15) is 23.2 Å². The minimum Gasteiger partial charge on any atom is -0.495 e. The first-order valence-corrected chi connectivity index (χ1v) is 11.7. The number of nitriles is 1. The number of carbonyl (C=O) groups excluding carboxylic acids is 2. The van der Waals surface area contributed by atoms with Crippen LogP contribution in [-0.2, 0) is 14.3 Å². The van der Waals surface area contributed by atoms with Crippen molar-refractivity contribution in [3.8, 4) is 23.3 Å². The molecule has 37 heavy (non-hydrogen) atoms. The van der Waals surface area contributed by atoms with E-state index in [2.05, 4.69) is 11.4 Å². The Morgan fingerprint density at radius 3 is 2.57 bits per heavy atom. The molecule has 9 nitrogen and oxygen atoms in total. The van der Waals surface area contributed by atoms with E-state index >= 15 is 0 Å². The Balaban J connectivity index is 1.59. The van der Waals surface area contributed by atoms with Gasteiger partial charge >= 0.3 is 0 Å². The summed E-state index contributed by atoms with van der Waals surface area (Å²) in [6, 6.07) is 14.2. The van der Waals surface area contributed by atoms with Crippen LogP contribution in [0.2, 0.25) is 0 Å². The van der Waals surface area contributed by atoms with Crippen molar-refractivity contribution in [1.29, 1.82) is 5.26 Å². The fourth-order valence-electron chi connectivity index (χ4n) is 4.68. The van der Waals surface area contributed by atoms with E-state index in [1.54, 1.807) is 42.5 Å². The van der Waals surface area contributed by atoms with Crippen molar-refractivity contribution in [1.82, 2.24) is 0 Å². The molecule has 4 rings (SSSR count). The topological polar surface area (TPSA) is 133 Å². The lowest BCUT2D eigenvalue weighted by Crippen LogP contribution is -2.33. The Kier molecular flexibility index (Phi) is 7.11. The Morgan fingerprint density at radius 2 is 1.86 bits per heavy atom. The molecule has 2 aromatic rings. The number of ketones is 1. The number of hydrogen-bond acceptors (Lipinski definition) is 8. The van der Waals surface area contributed by atoms with Gasteiger partial charge in [-0.3, -0.25) is 9.59 Å². The zero-order valence-electron chi connectivity index (χ0n) is 21.2. The molecular formula is C28H29N3O6. The number of rotatable bonds is 7. The van der Waals surface area contributed by atoms with Crippen LogP contribution in [0.25, 0.3) is 0 Å². The smallest absolute Gasteiger partial charge is 0.262 e. The van der Waals surface area contributed by atoms with E-state index < -0.39 is 5.92 Å². The average Bonchev–Trinajstić information content (AvgIpc) is 2.86. The summed E-state index contributed by atoms with van der Waals surface area (Å²) in [7, 11) is 2.99. The molecule has 1 heterocycles. The molecule has 0 fully saturated rings. The molecule has 1 aliphatic carbocycles. The van der Waals surface area contributed by atoms with Gasteiger partial charge in [0.2, 0.25) is 5.88 Å². The van der Waals surface area contributed by atoms with Gasteiger partial charge in [0.05, 0.1) is 25.8 Å². The van der Waals surface area contributed by atoms with Crippen LogP contribution in [0, 0.1) is 16.7 Å². The zero-order chi connectivity index (χ0) is 26.7. The maximum atomic E-state index is 13.2. The fourth-order valence-corrected chi connectivity index (χ4v) is 4.68. The molecule has 1 amide bonds. The molecule has 0 spiro atoms. The summed E-state index contributed by atoms with van der Waals surface area (Å²) in [5, 5.41) is 12.6. The molecule has 0 bridgehead atoms. The second-order valence-corrected chi connectivity index (χ2v) is 9.65. The standard InChI is InChI=1S/C28H29N3O6/c1-28(2)12-19(32)26-23(13-28)37-27(30)17(14-29)25(26)16-9-10-21(22(11-16)35-4)36-15-24(33)31-18-7-5-6-8-20(18)34-3/h5-11,25H,12-13,15,30H2,1-4H3,(H,31,33)/t25-/m1/s1. The number of carbonyl (C=O) groups is 2. The monoisotopic (exact) mass is 503 g/mol. The van der Waals surface area contributed by atoms with Crippen molar-refractivity contribution in [3.63, 3.8) is 0 Å². The predicted octanol–water partition coefficient (Wildman–Crippen LogP) is 4.17. The largest absolute Gasteiger partial charge is 0.495 e. The second kappa shape index (κ2) is 10.3. The number of Topliss-reactive ketones (excluding diaryl/α,β-unsaturated/α-hetero) is 1. The number of nitrogens with one attached hydrogen (secondary N) is 1. The molecule has 2 aliphatic rings. The van der Waals surface area contributed by atoms with E-state index in [4.69, 9.17) is 24.7 Å². The second-order valence-electron chi connectivity index (χ2n) is 9.65. The van der Waals surface area contributed by atoms with E-state index in [1.807, 2.05) is 13.8 Å². The minimum absolute atomic E-state index is 0.0101. The fraction of sp³-hybridized carbons (Fsp3) is 0.321. The van der Waals surface area contributed by atoms with Gasteiger partial charge in [-0.15, -0.1) is 0 Å². The van der Waals surface area contributed by atoms with Crippen LogP contribution in [0.1, 0.15) is 38.2 Å². The highest BCUT2D eigenvalue weighted by Crippen LogP contribution is 2.48. The maximum absolute atomic E-state index is 13.2. The highest BCUT2D eigenvalue weighted by molar-refractivity contribution is 6.00. The lowest BCUT2D eigenvalue weighted by molar-refractivity contribution is -0.119. The number of benzene rings is 2. The molecule has 3 N–H and O–H groups in total. The third kappa shape index (κ3) is 5.23. The SMILES string of the molecule is COc1ccccc1NC(=O)COc1ccc([C@@H]2C(C#N)=C(N)OC3=C2C(=O)CC(C)(C)C3)cc1OC. The summed E-state index contributed by atoms with van der Waals surface area (Å²) in [6.45, 7) is 3.71. The Morgan fingerprint density at radius 1 is 1.14 bits per heavy atom. The van der Waals surface area contributed by atoms with Gasteiger partial charge in [-0.25, -0.2) is 0 Å². The van der Waals surface area contributed by atoms with Crippen molar-refractivity contribution < 1.29 is 28.5 Å². The summed E-state index contributed by atoms with van der Waals surface area (Å²) in [5.41, 5.74) is 7.59. The van der Waals surface area contributed by atoms with Crippen LogP contribution in [-0.4, -0.2) is 32.5 Å². The molecule has 0 radical (unpaired) electrons. The quantitative estimate of drug-likeness (QED) is 0.575. The number of amides is 1. The first kappa shape index (κ1) is 25.6. The maximum Gasteiger partial charge on any atom is 0.262 e. The number of methoxy groups -OCH3 is 2. The van der Waals surface area contributed by atoms with Crippen LogP contribution in [0.5, 0.6) is 17.2 Å². The van der Waals surface area contributed by atoms with Gasteiger partial charge in [-0.1, -0.05) is 32.0 Å². The van der Waals surface area contributed by atoms with Gasteiger partial charge in [0, 0.05) is 18.4 Å². The number of allylic oxidation sites excluding steroid dienone is 3. The highest BCUT2D eigenvalue weighted by Gasteiger charge is 2.43. The Hall–Kier alpha value is -4.45. The Bertz CT molecular complexity index is 1350. The number of ether oxygens (including phenoxy) is 4. The van der Waals surface area contributed by atoms with E-state index in [-0.39, 0.29) is 35.2 Å². The first-order valence-electron chi connectivity index (χ1n) is 11.7. The van der Waals surface area contributed by atoms with Crippen LogP contribution in [0.15, 0.2) is 65.3 Å². The van der Waals surface area contributed by atoms with Gasteiger partial charge < -0.3 is 30.0 Å². The van der Waals surface area contributed by atoms with E-state index in [1.165, 1.54) is 14.2 Å². The summed E-state index contributed by atoms with van der Waals surface area (Å²) in [6.07, 6.45) is 0.869. The summed E-state index contributed by atoms with van der Waals surface area (Å²) in [5.74, 6) is 0.541. The van der Waals surface area contributed by atoms with E-state index in [0.717, 1.165) is 0 Å². The van der Waals surface area contributed by atoms with Crippen LogP contribution < -0.4 is 25.3 Å². The van der Waals surface area contributed by atoms with Crippen LogP contribution in [0.3, 0.4) is 0 Å². The molecular weight excluding hydrogens is 474 g/mol. The first-order chi connectivity index (χ1) is 17.7. The number of nitrogens with zero attached hydrogens (tertiary/aromatic N) is 1. The van der Waals surface area contributed by atoms with Gasteiger partial charge in [-0.2, -0.15) is 5.26 Å². The van der Waals surface area contributed by atoms with Crippen molar-refractivity contribution in [2.24, 2.45) is 11.1 Å². The highest BCUT2D eigenvalue weighted by atomic mass is 16.5. The lowest BCUT2D eigenvalue weighted by Gasteiger charge is -2.37. The number of anilines is 1. The number of para-hydroxylation sites is 2. The lowest BCUT2D eigenvalue weighted by atomic mass is 9.70. The molecule has 2 aromatic carbocycles. The van der Waals surface area contributed by atoms with E-state index in [9.17, 15) is 14.9 Å². The predicted molar refractivity (Wildman–Crippen MR) is 136 cm³/mol. The van der Waals surface area contributed by atoms with E-state index in [0.29, 0.717) is 52.7 Å². The molecule has 0 saturated heterocycles. The summed E-state index contributed by atoms with van der Waals surface area (Å²) in [4.78, 5) is 25.7. The van der Waals surface area contributed by atoms with Crippen molar-refractivity contribution in [2.45, 2.75) is 32.6 Å². The zero-order valence-corrected chi connectivity index (χ0v) is 21.2. The van der Waals surface area contributed by atoms with Gasteiger partial charge in [-0.05, 0) is 35.2 Å². The third-order valence-electron chi connectivity index (χ3n) is 6.34. The van der Waals surface area contributed by atoms with Crippen molar-refractivity contribution in [3.05, 3.63) is 70.8 Å². The summed E-state index contributed by atoms with van der Waals surface area (Å²) >= 11 is 0. The minimum atomic E-state index is -0.686. The summed E-state index contributed by atoms with van der Waals surface area (Å²) < 4.78 is 22.2. The molecule has 0 aromatic heterocycles. The Labute approximate surface area is 215 Å². The van der Waals surface area contributed by atoms with Gasteiger partial charge in [0.25, 0.3) is 5.91 Å². The molecule has 1 atom stereocenters. The number of hydrogen-bond donors (Lipinski definition) is 2. The number of nitrogens with two attached hydrogens (primary N) is 1. The van der Waals surface area contributed by atoms with Crippen molar-refractivity contribution in [2.75, 3.05) is 26.1 Å². The average molecular weight is 504 g/mol. The van der Waals surface area contributed by atoms with Crippen LogP contribution in [0.4, 0.5) is 5.69 Å². The molecule has 0 unspecified atom stereocenters. The molecule has 9 heteroatoms. The van der Waals surface area contributed by atoms with Crippen LogP contribution >= 0.6 is 0 Å². The molecule has 192 valence electrons.